The predicted octanol–water partition coefficient (Wildman–Crippen LogP) is 8.91. The topological polar surface area (TPSA) is 25.8 Å². The Hall–Kier alpha value is -0.960. The van der Waals surface area contributed by atoms with Crippen LogP contribution in [0.25, 0.3) is 10.3 Å². The van der Waals surface area contributed by atoms with E-state index < -0.39 is 0 Å². The van der Waals surface area contributed by atoms with Crippen molar-refractivity contribution in [3.8, 4) is 0 Å². The molecule has 0 aliphatic heterocycles. The first-order valence-electron chi connectivity index (χ1n) is 12.7. The fourth-order valence-corrected chi connectivity index (χ4v) is 6.59. The number of pyridine rings is 1. The Morgan fingerprint density at radius 2 is 1.10 bits per heavy atom. The minimum Gasteiger partial charge on any atom is -0.236 e. The third-order valence-corrected chi connectivity index (χ3v) is 8.47. The van der Waals surface area contributed by atoms with E-state index in [1.165, 1.54) is 131 Å². The summed E-state index contributed by atoms with van der Waals surface area (Å²) in [5, 5.41) is 1.37. The molecule has 2 aliphatic carbocycles. The van der Waals surface area contributed by atoms with Crippen molar-refractivity contribution in [1.29, 1.82) is 0 Å². The molecule has 0 amide bonds. The van der Waals surface area contributed by atoms with E-state index >= 15 is 0 Å². The van der Waals surface area contributed by atoms with E-state index in [2.05, 4.69) is 12.3 Å². The maximum absolute atomic E-state index is 5.01. The smallest absolute Gasteiger partial charge is 0.170 e. The molecule has 160 valence electrons. The number of thiazole rings is 1. The highest BCUT2D eigenvalue weighted by molar-refractivity contribution is 7.18. The van der Waals surface area contributed by atoms with Gasteiger partial charge in [-0.25, -0.2) is 9.97 Å². The van der Waals surface area contributed by atoms with Crippen LogP contribution in [-0.2, 0) is 0 Å². The Bertz CT molecular complexity index is 715. The van der Waals surface area contributed by atoms with Crippen molar-refractivity contribution in [2.24, 2.45) is 0 Å². The van der Waals surface area contributed by atoms with E-state index in [0.717, 1.165) is 5.65 Å². The number of nitrogens with zero attached hydrogens (tertiary/aromatic N) is 2. The number of fused-ring (bicyclic) bond motifs is 1. The molecule has 3 heteroatoms. The fourth-order valence-electron chi connectivity index (χ4n) is 5.45. The van der Waals surface area contributed by atoms with Crippen LogP contribution in [0.5, 0.6) is 0 Å². The SMILES string of the molecule is c1nc2nc(C3CCCCCCCC3)sc2cc1C1CCCCCCCCCC1. The van der Waals surface area contributed by atoms with Gasteiger partial charge in [-0.1, -0.05) is 89.9 Å². The van der Waals surface area contributed by atoms with Crippen LogP contribution in [0, 0.1) is 0 Å². The lowest BCUT2D eigenvalue weighted by atomic mass is 9.89. The minimum atomic E-state index is 0.674. The van der Waals surface area contributed by atoms with E-state index in [0.29, 0.717) is 11.8 Å². The Morgan fingerprint density at radius 1 is 0.621 bits per heavy atom. The summed E-state index contributed by atoms with van der Waals surface area (Å²) < 4.78 is 1.34. The molecule has 2 nitrogen and oxygen atoms in total. The van der Waals surface area contributed by atoms with Gasteiger partial charge < -0.3 is 0 Å². The molecular formula is C26H40N2S. The van der Waals surface area contributed by atoms with Gasteiger partial charge in [0.2, 0.25) is 0 Å². The molecule has 0 radical (unpaired) electrons. The molecule has 0 unspecified atom stereocenters. The van der Waals surface area contributed by atoms with Crippen LogP contribution in [0.1, 0.15) is 138 Å². The summed E-state index contributed by atoms with van der Waals surface area (Å²) in [5.74, 6) is 1.38. The second-order valence-electron chi connectivity index (χ2n) is 9.64. The van der Waals surface area contributed by atoms with Gasteiger partial charge in [0.15, 0.2) is 5.65 Å². The van der Waals surface area contributed by atoms with Crippen LogP contribution >= 0.6 is 11.3 Å². The molecule has 2 aromatic heterocycles. The molecule has 29 heavy (non-hydrogen) atoms. The van der Waals surface area contributed by atoms with Crippen molar-refractivity contribution in [2.75, 3.05) is 0 Å². The molecule has 4 rings (SSSR count). The van der Waals surface area contributed by atoms with Crippen LogP contribution in [-0.4, -0.2) is 9.97 Å². The van der Waals surface area contributed by atoms with Crippen LogP contribution in [0.2, 0.25) is 0 Å². The summed E-state index contributed by atoms with van der Waals surface area (Å²) in [7, 11) is 0. The van der Waals surface area contributed by atoms with Crippen molar-refractivity contribution in [2.45, 2.75) is 127 Å². The maximum atomic E-state index is 5.01. The molecule has 2 aromatic rings. The van der Waals surface area contributed by atoms with Gasteiger partial charge in [0.25, 0.3) is 0 Å². The van der Waals surface area contributed by atoms with Crippen molar-refractivity contribution in [1.82, 2.24) is 9.97 Å². The Morgan fingerprint density at radius 3 is 1.66 bits per heavy atom. The van der Waals surface area contributed by atoms with Gasteiger partial charge in [0, 0.05) is 12.1 Å². The van der Waals surface area contributed by atoms with Gasteiger partial charge in [0.1, 0.15) is 0 Å². The van der Waals surface area contributed by atoms with E-state index in [9.17, 15) is 0 Å². The summed E-state index contributed by atoms with van der Waals surface area (Å²) in [6, 6.07) is 2.46. The molecule has 0 saturated heterocycles. The Labute approximate surface area is 181 Å². The van der Waals surface area contributed by atoms with Crippen molar-refractivity contribution in [3.05, 3.63) is 22.8 Å². The predicted molar refractivity (Wildman–Crippen MR) is 126 cm³/mol. The van der Waals surface area contributed by atoms with Crippen LogP contribution in [0.4, 0.5) is 0 Å². The molecule has 0 N–H and O–H groups in total. The lowest BCUT2D eigenvalue weighted by molar-refractivity contribution is 0.514. The van der Waals surface area contributed by atoms with Gasteiger partial charge in [-0.05, 0) is 43.2 Å². The Kier molecular flexibility index (Phi) is 8.39. The first kappa shape index (κ1) is 21.3. The molecule has 2 aliphatic rings. The van der Waals surface area contributed by atoms with Crippen LogP contribution in [0.3, 0.4) is 0 Å². The van der Waals surface area contributed by atoms with E-state index in [1.54, 1.807) is 0 Å². The first-order chi connectivity index (χ1) is 14.4. The molecule has 2 fully saturated rings. The van der Waals surface area contributed by atoms with Crippen molar-refractivity contribution >= 4 is 21.7 Å². The molecule has 0 bridgehead atoms. The average molecular weight is 413 g/mol. The Balaban J connectivity index is 1.48. The molecular weight excluding hydrogens is 372 g/mol. The summed E-state index contributed by atoms with van der Waals surface area (Å²) >= 11 is 1.95. The normalized spacial score (nSPS) is 22.5. The standard InChI is InChI=1S/C26H40N2S/c1-2-4-8-12-16-21(15-11-7-3-1)23-19-24-25(27-20-23)28-26(29-24)22-17-13-9-5-6-10-14-18-22/h19-22H,1-18H2. The largest absolute Gasteiger partial charge is 0.236 e. The molecule has 0 spiro atoms. The van der Waals surface area contributed by atoms with Gasteiger partial charge >= 0.3 is 0 Å². The van der Waals surface area contributed by atoms with Gasteiger partial charge in [-0.2, -0.15) is 0 Å². The number of aromatic nitrogens is 2. The molecule has 0 aromatic carbocycles. The van der Waals surface area contributed by atoms with Gasteiger partial charge in [-0.3, -0.25) is 0 Å². The summed E-state index contributed by atoms with van der Waals surface area (Å²) in [6.45, 7) is 0. The number of rotatable bonds is 2. The fraction of sp³-hybridized carbons (Fsp3) is 0.769. The number of hydrogen-bond acceptors (Lipinski definition) is 3. The van der Waals surface area contributed by atoms with Crippen LogP contribution < -0.4 is 0 Å². The zero-order valence-corrected chi connectivity index (χ0v) is 19.2. The third-order valence-electron chi connectivity index (χ3n) is 7.32. The summed E-state index contributed by atoms with van der Waals surface area (Å²) in [5.41, 5.74) is 2.49. The van der Waals surface area contributed by atoms with Gasteiger partial charge in [-0.15, -0.1) is 11.3 Å². The first-order valence-corrected chi connectivity index (χ1v) is 13.5. The lowest BCUT2D eigenvalue weighted by Crippen LogP contribution is -2.00. The zero-order chi connectivity index (χ0) is 19.7. The molecule has 2 heterocycles. The highest BCUT2D eigenvalue weighted by atomic mass is 32.1. The van der Waals surface area contributed by atoms with E-state index in [4.69, 9.17) is 9.97 Å². The van der Waals surface area contributed by atoms with Gasteiger partial charge in [0.05, 0.1) is 9.71 Å². The average Bonchev–Trinajstić information content (AvgIpc) is 3.18. The van der Waals surface area contributed by atoms with E-state index in [1.807, 2.05) is 11.3 Å². The second kappa shape index (κ2) is 11.4. The summed E-state index contributed by atoms with van der Waals surface area (Å²) in [4.78, 5) is 9.85. The zero-order valence-electron chi connectivity index (χ0n) is 18.3. The monoisotopic (exact) mass is 412 g/mol. The quantitative estimate of drug-likeness (QED) is 0.492. The van der Waals surface area contributed by atoms with E-state index in [-0.39, 0.29) is 0 Å². The molecule has 0 atom stereocenters. The highest BCUT2D eigenvalue weighted by Gasteiger charge is 2.19. The summed E-state index contributed by atoms with van der Waals surface area (Å²) in [6.07, 6.45) is 27.3. The third kappa shape index (κ3) is 6.26. The highest BCUT2D eigenvalue weighted by Crippen LogP contribution is 2.37. The number of hydrogen-bond donors (Lipinski definition) is 0. The van der Waals surface area contributed by atoms with Crippen molar-refractivity contribution in [3.63, 3.8) is 0 Å². The minimum absolute atomic E-state index is 0.674. The lowest BCUT2D eigenvalue weighted by Gasteiger charge is -2.16. The maximum Gasteiger partial charge on any atom is 0.170 e. The second-order valence-corrected chi connectivity index (χ2v) is 10.7. The molecule has 2 saturated carbocycles. The van der Waals surface area contributed by atoms with Crippen LogP contribution in [0.15, 0.2) is 12.3 Å². The van der Waals surface area contributed by atoms with Crippen molar-refractivity contribution < 1.29 is 0 Å².